The van der Waals surface area contributed by atoms with E-state index in [0.717, 1.165) is 49.5 Å². The molecular formula is C22H25N3O4. The van der Waals surface area contributed by atoms with Gasteiger partial charge >= 0.3 is 0 Å². The monoisotopic (exact) mass is 395 g/mol. The first-order valence-electron chi connectivity index (χ1n) is 9.81. The number of hydrogen-bond acceptors (Lipinski definition) is 6. The van der Waals surface area contributed by atoms with Crippen LogP contribution in [0.1, 0.15) is 17.2 Å². The summed E-state index contributed by atoms with van der Waals surface area (Å²) in [5, 5.41) is 19.9. The van der Waals surface area contributed by atoms with Crippen molar-refractivity contribution in [1.82, 2.24) is 9.96 Å². The van der Waals surface area contributed by atoms with Crippen LogP contribution >= 0.6 is 0 Å². The number of carbonyl (C=O) groups is 1. The van der Waals surface area contributed by atoms with E-state index in [9.17, 15) is 10.0 Å². The van der Waals surface area contributed by atoms with Crippen LogP contribution in [0.15, 0.2) is 53.5 Å². The lowest BCUT2D eigenvalue weighted by molar-refractivity contribution is -0.169. The number of amides is 1. The van der Waals surface area contributed by atoms with Crippen LogP contribution in [0, 0.1) is 0 Å². The SMILES string of the molecule is O=C1C(CO)=NCC(c2ccc(-c3ccc(CN4CCOCC4)cc3)cc2)N1O. The standard InChI is InChI=1S/C22H25N3O4/c26-15-20-22(27)25(28)21(13-23-20)19-7-5-18(6-8-19)17-3-1-16(2-4-17)14-24-9-11-29-12-10-24/h1-8,21,26,28H,9-15H2. The highest BCUT2D eigenvalue weighted by Gasteiger charge is 2.31. The number of ether oxygens (including phenoxy) is 1. The quantitative estimate of drug-likeness (QED) is 0.756. The Morgan fingerprint density at radius 3 is 2.24 bits per heavy atom. The zero-order valence-electron chi connectivity index (χ0n) is 16.2. The predicted molar refractivity (Wildman–Crippen MR) is 109 cm³/mol. The molecule has 1 saturated heterocycles. The summed E-state index contributed by atoms with van der Waals surface area (Å²) in [5.41, 5.74) is 4.24. The molecule has 7 nitrogen and oxygen atoms in total. The Balaban J connectivity index is 1.44. The number of carbonyl (C=O) groups excluding carboxylic acids is 1. The molecule has 2 N–H and O–H groups in total. The van der Waals surface area contributed by atoms with Gasteiger partial charge in [-0.05, 0) is 22.3 Å². The van der Waals surface area contributed by atoms with E-state index in [1.165, 1.54) is 5.56 Å². The molecule has 0 spiro atoms. The maximum absolute atomic E-state index is 12.0. The summed E-state index contributed by atoms with van der Waals surface area (Å²) < 4.78 is 5.39. The Hall–Kier alpha value is -2.58. The van der Waals surface area contributed by atoms with Gasteiger partial charge in [0.2, 0.25) is 0 Å². The van der Waals surface area contributed by atoms with E-state index in [-0.39, 0.29) is 12.3 Å². The molecule has 0 aromatic heterocycles. The van der Waals surface area contributed by atoms with Crippen molar-refractivity contribution < 1.29 is 19.8 Å². The minimum absolute atomic E-state index is 0.0162. The van der Waals surface area contributed by atoms with E-state index < -0.39 is 18.6 Å². The second-order valence-corrected chi connectivity index (χ2v) is 7.32. The van der Waals surface area contributed by atoms with Crippen LogP contribution in [0.5, 0.6) is 0 Å². The third kappa shape index (κ3) is 4.38. The van der Waals surface area contributed by atoms with Crippen LogP contribution in [-0.2, 0) is 16.1 Å². The van der Waals surface area contributed by atoms with Gasteiger partial charge < -0.3 is 9.84 Å². The van der Waals surface area contributed by atoms with E-state index in [1.54, 1.807) is 0 Å². The van der Waals surface area contributed by atoms with Crippen molar-refractivity contribution in [1.29, 1.82) is 0 Å². The van der Waals surface area contributed by atoms with Crippen LogP contribution < -0.4 is 0 Å². The Labute approximate surface area is 169 Å². The zero-order valence-corrected chi connectivity index (χ0v) is 16.2. The fourth-order valence-corrected chi connectivity index (χ4v) is 3.70. The fraction of sp³-hybridized carbons (Fsp3) is 0.364. The van der Waals surface area contributed by atoms with E-state index in [2.05, 4.69) is 34.2 Å². The molecule has 2 aromatic rings. The lowest BCUT2D eigenvalue weighted by Crippen LogP contribution is -2.43. The molecule has 1 amide bonds. The Kier molecular flexibility index (Phi) is 6.01. The number of rotatable bonds is 5. The van der Waals surface area contributed by atoms with Crippen LogP contribution in [0.2, 0.25) is 0 Å². The third-order valence-corrected chi connectivity index (χ3v) is 5.45. The minimum Gasteiger partial charge on any atom is -0.390 e. The van der Waals surface area contributed by atoms with Gasteiger partial charge in [0.25, 0.3) is 5.91 Å². The van der Waals surface area contributed by atoms with Crippen molar-refractivity contribution in [3.63, 3.8) is 0 Å². The predicted octanol–water partition coefficient (Wildman–Crippen LogP) is 1.89. The molecule has 7 heteroatoms. The van der Waals surface area contributed by atoms with Gasteiger partial charge in [0.1, 0.15) is 11.8 Å². The fourth-order valence-electron chi connectivity index (χ4n) is 3.70. The lowest BCUT2D eigenvalue weighted by Gasteiger charge is -2.29. The van der Waals surface area contributed by atoms with E-state index in [4.69, 9.17) is 9.84 Å². The molecule has 2 heterocycles. The highest BCUT2D eigenvalue weighted by molar-refractivity contribution is 6.39. The van der Waals surface area contributed by atoms with Crippen molar-refractivity contribution in [2.75, 3.05) is 39.5 Å². The summed E-state index contributed by atoms with van der Waals surface area (Å²) in [6.45, 7) is 4.23. The van der Waals surface area contributed by atoms with E-state index in [1.807, 2.05) is 24.3 Å². The summed E-state index contributed by atoms with van der Waals surface area (Å²) >= 11 is 0. The molecule has 2 aliphatic heterocycles. The number of benzene rings is 2. The number of hydroxylamine groups is 2. The Bertz CT molecular complexity index is 874. The number of morpholine rings is 1. The molecular weight excluding hydrogens is 370 g/mol. The highest BCUT2D eigenvalue weighted by atomic mass is 16.5. The van der Waals surface area contributed by atoms with Crippen molar-refractivity contribution >= 4 is 11.6 Å². The topological polar surface area (TPSA) is 85.6 Å². The first-order chi connectivity index (χ1) is 14.2. The van der Waals surface area contributed by atoms with Gasteiger partial charge in [-0.25, -0.2) is 5.06 Å². The molecule has 0 radical (unpaired) electrons. The maximum atomic E-state index is 12.0. The molecule has 1 fully saturated rings. The largest absolute Gasteiger partial charge is 0.390 e. The van der Waals surface area contributed by atoms with Gasteiger partial charge in [-0.3, -0.25) is 19.9 Å². The molecule has 1 unspecified atom stereocenters. The van der Waals surface area contributed by atoms with Crippen LogP contribution in [0.25, 0.3) is 11.1 Å². The van der Waals surface area contributed by atoms with Crippen molar-refractivity contribution in [3.05, 3.63) is 59.7 Å². The molecule has 0 saturated carbocycles. The van der Waals surface area contributed by atoms with Crippen LogP contribution in [-0.4, -0.2) is 71.4 Å². The number of aliphatic hydroxyl groups is 1. The average Bonchev–Trinajstić information content (AvgIpc) is 2.77. The first kappa shape index (κ1) is 19.7. The van der Waals surface area contributed by atoms with Gasteiger partial charge in [0.05, 0.1) is 26.4 Å². The molecule has 0 aliphatic carbocycles. The molecule has 2 aromatic carbocycles. The highest BCUT2D eigenvalue weighted by Crippen LogP contribution is 2.27. The van der Waals surface area contributed by atoms with Crippen LogP contribution in [0.4, 0.5) is 0 Å². The molecule has 0 bridgehead atoms. The summed E-state index contributed by atoms with van der Waals surface area (Å²) in [6.07, 6.45) is 0. The van der Waals surface area contributed by atoms with E-state index >= 15 is 0 Å². The second kappa shape index (κ2) is 8.84. The minimum atomic E-state index is -0.649. The number of nitrogens with zero attached hydrogens (tertiary/aromatic N) is 3. The Morgan fingerprint density at radius 2 is 1.62 bits per heavy atom. The number of aliphatic hydroxyl groups excluding tert-OH is 1. The normalized spacial score (nSPS) is 20.6. The molecule has 2 aliphatic rings. The van der Waals surface area contributed by atoms with Gasteiger partial charge in [-0.2, -0.15) is 0 Å². The van der Waals surface area contributed by atoms with Gasteiger partial charge in [0.15, 0.2) is 0 Å². The molecule has 1 atom stereocenters. The molecule has 29 heavy (non-hydrogen) atoms. The summed E-state index contributed by atoms with van der Waals surface area (Å²) in [6, 6.07) is 15.8. The summed E-state index contributed by atoms with van der Waals surface area (Å²) in [7, 11) is 0. The second-order valence-electron chi connectivity index (χ2n) is 7.32. The lowest BCUT2D eigenvalue weighted by atomic mass is 9.99. The van der Waals surface area contributed by atoms with Gasteiger partial charge in [-0.15, -0.1) is 0 Å². The zero-order chi connectivity index (χ0) is 20.2. The van der Waals surface area contributed by atoms with Gasteiger partial charge in [0, 0.05) is 19.6 Å². The number of hydrogen-bond donors (Lipinski definition) is 2. The van der Waals surface area contributed by atoms with Crippen molar-refractivity contribution in [2.24, 2.45) is 4.99 Å². The summed E-state index contributed by atoms with van der Waals surface area (Å²) in [4.78, 5) is 18.4. The number of aliphatic imine (C=N–C) groups is 1. The maximum Gasteiger partial charge on any atom is 0.294 e. The summed E-state index contributed by atoms with van der Waals surface area (Å²) in [5.74, 6) is -0.649. The van der Waals surface area contributed by atoms with Gasteiger partial charge in [-0.1, -0.05) is 48.5 Å². The van der Waals surface area contributed by atoms with E-state index in [0.29, 0.717) is 5.06 Å². The van der Waals surface area contributed by atoms with Crippen molar-refractivity contribution in [3.8, 4) is 11.1 Å². The Morgan fingerprint density at radius 1 is 1.00 bits per heavy atom. The first-order valence-corrected chi connectivity index (χ1v) is 9.81. The van der Waals surface area contributed by atoms with Crippen LogP contribution in [0.3, 0.4) is 0 Å². The third-order valence-electron chi connectivity index (χ3n) is 5.45. The molecule has 4 rings (SSSR count). The molecule has 152 valence electrons. The smallest absolute Gasteiger partial charge is 0.294 e. The average molecular weight is 395 g/mol. The van der Waals surface area contributed by atoms with Crippen molar-refractivity contribution in [2.45, 2.75) is 12.6 Å².